The lowest BCUT2D eigenvalue weighted by Crippen LogP contribution is -2.41. The van der Waals surface area contributed by atoms with Crippen molar-refractivity contribution in [2.75, 3.05) is 32.8 Å². The van der Waals surface area contributed by atoms with E-state index >= 15 is 0 Å². The summed E-state index contributed by atoms with van der Waals surface area (Å²) in [5, 5.41) is 0. The Morgan fingerprint density at radius 2 is 2.00 bits per heavy atom. The second kappa shape index (κ2) is 9.06. The normalized spacial score (nSPS) is 20.5. The molecule has 2 heterocycles. The van der Waals surface area contributed by atoms with Crippen molar-refractivity contribution >= 4 is 11.8 Å². The van der Waals surface area contributed by atoms with Crippen LogP contribution in [0.25, 0.3) is 0 Å². The van der Waals surface area contributed by atoms with Gasteiger partial charge in [0.25, 0.3) is 0 Å². The van der Waals surface area contributed by atoms with Crippen LogP contribution in [0.15, 0.2) is 24.3 Å². The number of amides is 2. The third-order valence-electron chi connectivity index (χ3n) is 5.37. The number of carbonyl (C=O) groups excluding carboxylic acids is 2. The molecule has 1 aromatic carbocycles. The molecular formula is C21H30N2O3. The molecule has 0 spiro atoms. The highest BCUT2D eigenvalue weighted by molar-refractivity contribution is 5.78. The first-order valence-electron chi connectivity index (χ1n) is 9.87. The van der Waals surface area contributed by atoms with E-state index < -0.39 is 0 Å². The monoisotopic (exact) mass is 358 g/mol. The maximum absolute atomic E-state index is 12.5. The third kappa shape index (κ3) is 5.23. The number of likely N-dealkylation sites (tertiary alicyclic amines) is 2. The summed E-state index contributed by atoms with van der Waals surface area (Å²) in [5.74, 6) is 1.75. The lowest BCUT2D eigenvalue weighted by molar-refractivity contribution is -0.134. The SMILES string of the molecule is Cc1ccc(OC[C@@H]2CCCN(C(=O)CCCN3CCCC3=O)C2)cc1. The highest BCUT2D eigenvalue weighted by Gasteiger charge is 2.25. The minimum Gasteiger partial charge on any atom is -0.493 e. The molecule has 5 nitrogen and oxygen atoms in total. The van der Waals surface area contributed by atoms with Gasteiger partial charge in [-0.15, -0.1) is 0 Å². The second-order valence-corrected chi connectivity index (χ2v) is 7.56. The number of rotatable bonds is 7. The van der Waals surface area contributed by atoms with Crippen LogP contribution in [0.2, 0.25) is 0 Å². The van der Waals surface area contributed by atoms with E-state index in [0.29, 0.717) is 25.4 Å². The molecule has 26 heavy (non-hydrogen) atoms. The molecule has 2 aliphatic rings. The van der Waals surface area contributed by atoms with Crippen LogP contribution >= 0.6 is 0 Å². The van der Waals surface area contributed by atoms with Crippen molar-refractivity contribution in [1.82, 2.24) is 9.80 Å². The summed E-state index contributed by atoms with van der Waals surface area (Å²) >= 11 is 0. The average Bonchev–Trinajstić information content (AvgIpc) is 3.06. The van der Waals surface area contributed by atoms with Crippen LogP contribution in [0.4, 0.5) is 0 Å². The van der Waals surface area contributed by atoms with Crippen molar-refractivity contribution < 1.29 is 14.3 Å². The maximum atomic E-state index is 12.5. The molecule has 0 N–H and O–H groups in total. The fraction of sp³-hybridized carbons (Fsp3) is 0.619. The Kier molecular flexibility index (Phi) is 6.53. The Bertz CT molecular complexity index is 614. The van der Waals surface area contributed by atoms with Gasteiger partial charge in [-0.05, 0) is 44.7 Å². The van der Waals surface area contributed by atoms with E-state index in [9.17, 15) is 9.59 Å². The number of nitrogens with zero attached hydrogens (tertiary/aromatic N) is 2. The zero-order valence-electron chi connectivity index (χ0n) is 15.8. The molecule has 0 saturated carbocycles. The molecule has 142 valence electrons. The molecule has 3 rings (SSSR count). The van der Waals surface area contributed by atoms with E-state index in [4.69, 9.17) is 4.74 Å². The molecule has 0 radical (unpaired) electrons. The molecule has 1 aromatic rings. The van der Waals surface area contributed by atoms with Gasteiger partial charge < -0.3 is 14.5 Å². The summed E-state index contributed by atoms with van der Waals surface area (Å²) in [4.78, 5) is 28.0. The average molecular weight is 358 g/mol. The number of aryl methyl sites for hydroxylation is 1. The van der Waals surface area contributed by atoms with Gasteiger partial charge in [0.15, 0.2) is 0 Å². The zero-order valence-corrected chi connectivity index (χ0v) is 15.8. The smallest absolute Gasteiger partial charge is 0.222 e. The minimum atomic E-state index is 0.219. The van der Waals surface area contributed by atoms with Crippen molar-refractivity contribution in [2.24, 2.45) is 5.92 Å². The number of benzene rings is 1. The zero-order chi connectivity index (χ0) is 18.4. The molecule has 0 aliphatic carbocycles. The molecule has 2 saturated heterocycles. The summed E-state index contributed by atoms with van der Waals surface area (Å²) in [5.41, 5.74) is 1.22. The van der Waals surface area contributed by atoms with Gasteiger partial charge in [-0.2, -0.15) is 0 Å². The summed E-state index contributed by atoms with van der Waals surface area (Å²) < 4.78 is 5.91. The van der Waals surface area contributed by atoms with Gasteiger partial charge >= 0.3 is 0 Å². The summed E-state index contributed by atoms with van der Waals surface area (Å²) in [6.45, 7) is 5.94. The van der Waals surface area contributed by atoms with Crippen LogP contribution in [0.1, 0.15) is 44.1 Å². The van der Waals surface area contributed by atoms with Crippen LogP contribution in [0.5, 0.6) is 5.75 Å². The van der Waals surface area contributed by atoms with Crippen LogP contribution in [0, 0.1) is 12.8 Å². The van der Waals surface area contributed by atoms with Gasteiger partial charge in [0.1, 0.15) is 5.75 Å². The van der Waals surface area contributed by atoms with Crippen molar-refractivity contribution in [1.29, 1.82) is 0 Å². The predicted molar refractivity (Wildman–Crippen MR) is 101 cm³/mol. The first-order valence-corrected chi connectivity index (χ1v) is 9.87. The van der Waals surface area contributed by atoms with Crippen molar-refractivity contribution in [2.45, 2.75) is 45.4 Å². The van der Waals surface area contributed by atoms with Crippen LogP contribution in [0.3, 0.4) is 0 Å². The van der Waals surface area contributed by atoms with Gasteiger partial charge in [-0.3, -0.25) is 9.59 Å². The molecule has 2 amide bonds. The molecule has 2 aliphatic heterocycles. The lowest BCUT2D eigenvalue weighted by atomic mass is 9.98. The largest absolute Gasteiger partial charge is 0.493 e. The number of piperidine rings is 1. The quantitative estimate of drug-likeness (QED) is 0.753. The summed E-state index contributed by atoms with van der Waals surface area (Å²) in [6, 6.07) is 8.11. The van der Waals surface area contributed by atoms with Crippen LogP contribution in [-0.2, 0) is 9.59 Å². The summed E-state index contributed by atoms with van der Waals surface area (Å²) in [7, 11) is 0. The molecular weight excluding hydrogens is 328 g/mol. The van der Waals surface area contributed by atoms with Crippen LogP contribution in [-0.4, -0.2) is 54.4 Å². The number of ether oxygens (including phenoxy) is 1. The van der Waals surface area contributed by atoms with Gasteiger partial charge in [-0.25, -0.2) is 0 Å². The van der Waals surface area contributed by atoms with Gasteiger partial charge in [0.2, 0.25) is 11.8 Å². The van der Waals surface area contributed by atoms with Gasteiger partial charge in [0, 0.05) is 44.9 Å². The Morgan fingerprint density at radius 3 is 2.73 bits per heavy atom. The molecule has 1 atom stereocenters. The maximum Gasteiger partial charge on any atom is 0.222 e. The Balaban J connectivity index is 1.38. The van der Waals surface area contributed by atoms with Gasteiger partial charge in [0.05, 0.1) is 6.61 Å². The molecule has 0 unspecified atom stereocenters. The molecule has 0 bridgehead atoms. The fourth-order valence-corrected chi connectivity index (χ4v) is 3.80. The van der Waals surface area contributed by atoms with E-state index in [0.717, 1.165) is 57.6 Å². The third-order valence-corrected chi connectivity index (χ3v) is 5.37. The fourth-order valence-electron chi connectivity index (χ4n) is 3.80. The van der Waals surface area contributed by atoms with Gasteiger partial charge in [-0.1, -0.05) is 17.7 Å². The highest BCUT2D eigenvalue weighted by Crippen LogP contribution is 2.20. The second-order valence-electron chi connectivity index (χ2n) is 7.56. The highest BCUT2D eigenvalue weighted by atomic mass is 16.5. The van der Waals surface area contributed by atoms with E-state index in [1.54, 1.807) is 0 Å². The summed E-state index contributed by atoms with van der Waals surface area (Å²) in [6.07, 6.45) is 5.08. The Morgan fingerprint density at radius 1 is 1.19 bits per heavy atom. The van der Waals surface area contributed by atoms with E-state index in [-0.39, 0.29) is 11.8 Å². The lowest BCUT2D eigenvalue weighted by Gasteiger charge is -2.33. The first-order chi connectivity index (χ1) is 12.6. The van der Waals surface area contributed by atoms with Crippen molar-refractivity contribution in [3.05, 3.63) is 29.8 Å². The minimum absolute atomic E-state index is 0.219. The Labute approximate surface area is 156 Å². The van der Waals surface area contributed by atoms with E-state index in [1.165, 1.54) is 5.56 Å². The van der Waals surface area contributed by atoms with E-state index in [1.807, 2.05) is 21.9 Å². The molecule has 2 fully saturated rings. The van der Waals surface area contributed by atoms with E-state index in [2.05, 4.69) is 19.1 Å². The van der Waals surface area contributed by atoms with Crippen molar-refractivity contribution in [3.8, 4) is 5.75 Å². The standard InChI is InChI=1S/C21H30N2O3/c1-17-8-10-19(11-9-17)26-16-18-5-2-14-23(15-18)21(25)7-4-13-22-12-3-6-20(22)24/h8-11,18H,2-7,12-16H2,1H3/t18-/m1/s1. The first kappa shape index (κ1) is 18.7. The number of carbonyl (C=O) groups is 2. The number of hydrogen-bond acceptors (Lipinski definition) is 3. The Hall–Kier alpha value is -2.04. The topological polar surface area (TPSA) is 49.9 Å². The van der Waals surface area contributed by atoms with Crippen molar-refractivity contribution in [3.63, 3.8) is 0 Å². The van der Waals surface area contributed by atoms with Crippen LogP contribution < -0.4 is 4.74 Å². The molecule has 5 heteroatoms. The molecule has 0 aromatic heterocycles. The number of hydrogen-bond donors (Lipinski definition) is 0. The predicted octanol–water partition coefficient (Wildman–Crippen LogP) is 3.02.